The van der Waals surface area contributed by atoms with Crippen LogP contribution in [0.2, 0.25) is 0 Å². The third-order valence-corrected chi connectivity index (χ3v) is 9.46. The third-order valence-electron chi connectivity index (χ3n) is 7.09. The van der Waals surface area contributed by atoms with E-state index >= 15 is 0 Å². The Morgan fingerprint density at radius 1 is 1.02 bits per heavy atom. The minimum Gasteiger partial charge on any atom is -0.738 e. The summed E-state index contributed by atoms with van der Waals surface area (Å²) in [4.78, 5) is -0.387. The van der Waals surface area contributed by atoms with Gasteiger partial charge in [0.1, 0.15) is 31.9 Å². The van der Waals surface area contributed by atoms with Crippen LogP contribution < -0.4 is 0 Å². The van der Waals surface area contributed by atoms with Crippen LogP contribution in [0.5, 0.6) is 0 Å². The molecule has 40 heavy (non-hydrogen) atoms. The minimum atomic E-state index is -5.52. The largest absolute Gasteiger partial charge is 0.738 e. The maximum absolute atomic E-state index is 12.8. The molecule has 9 nitrogen and oxygen atoms in total. The second-order valence-corrected chi connectivity index (χ2v) is 13.0. The Labute approximate surface area is 238 Å². The summed E-state index contributed by atoms with van der Waals surface area (Å²) >= 11 is 0. The SMILES string of the molecule is C=C(O)C[N+](CCOC)(CCOC)Cc1ccc(C(CC)CC(C)c2ccc(S(=O)(=O)N=S(=O)([O-])F)cc2)cc1. The normalized spacial score (nSPS) is 15.2. The Morgan fingerprint density at radius 2 is 1.55 bits per heavy atom. The van der Waals surface area contributed by atoms with E-state index in [4.69, 9.17) is 9.47 Å². The van der Waals surface area contributed by atoms with Gasteiger partial charge in [0.05, 0.1) is 18.1 Å². The molecular formula is C28H41FN2O7S2. The van der Waals surface area contributed by atoms with Crippen LogP contribution in [-0.2, 0) is 36.4 Å². The van der Waals surface area contributed by atoms with Crippen molar-refractivity contribution >= 4 is 20.4 Å². The van der Waals surface area contributed by atoms with E-state index in [2.05, 4.69) is 41.5 Å². The summed E-state index contributed by atoms with van der Waals surface area (Å²) in [7, 11) is -6.85. The van der Waals surface area contributed by atoms with Crippen LogP contribution in [0.4, 0.5) is 3.89 Å². The lowest BCUT2D eigenvalue weighted by atomic mass is 9.84. The molecule has 0 saturated carbocycles. The molecule has 0 aliphatic rings. The molecule has 0 bridgehead atoms. The Balaban J connectivity index is 2.19. The summed E-state index contributed by atoms with van der Waals surface area (Å²) in [5.41, 5.74) is 3.18. The molecule has 1 N–H and O–H groups in total. The summed E-state index contributed by atoms with van der Waals surface area (Å²) in [6.45, 7) is 11.4. The lowest BCUT2D eigenvalue weighted by molar-refractivity contribution is -0.938. The molecule has 0 spiro atoms. The summed E-state index contributed by atoms with van der Waals surface area (Å²) in [5, 5.41) is 10.0. The number of benzene rings is 2. The first kappa shape index (κ1) is 33.9. The van der Waals surface area contributed by atoms with Gasteiger partial charge in [-0.2, -0.15) is 8.42 Å². The molecule has 2 rings (SSSR count). The summed E-state index contributed by atoms with van der Waals surface area (Å²) in [5.74, 6) is 0.445. The number of nitrogens with zero attached hydrogens (tertiary/aromatic N) is 2. The van der Waals surface area contributed by atoms with Crippen molar-refractivity contribution in [2.75, 3.05) is 47.1 Å². The van der Waals surface area contributed by atoms with Gasteiger partial charge in [0.15, 0.2) is 10.4 Å². The molecule has 0 aliphatic carbocycles. The molecule has 12 heteroatoms. The van der Waals surface area contributed by atoms with Gasteiger partial charge < -0.3 is 23.6 Å². The number of aliphatic hydroxyl groups excluding tert-OH is 1. The quantitative estimate of drug-likeness (QED) is 0.150. The molecule has 0 radical (unpaired) electrons. The lowest BCUT2D eigenvalue weighted by Crippen LogP contribution is -2.52. The molecule has 3 unspecified atom stereocenters. The van der Waals surface area contributed by atoms with Gasteiger partial charge >= 0.3 is 0 Å². The highest BCUT2D eigenvalue weighted by atomic mass is 32.3. The topological polar surface area (TPSA) is 125 Å². The fourth-order valence-electron chi connectivity index (χ4n) is 4.95. The third kappa shape index (κ3) is 10.6. The van der Waals surface area contributed by atoms with Crippen molar-refractivity contribution in [3.05, 3.63) is 77.6 Å². The van der Waals surface area contributed by atoms with Gasteiger partial charge in [-0.1, -0.05) is 60.6 Å². The van der Waals surface area contributed by atoms with E-state index in [1.165, 1.54) is 17.7 Å². The van der Waals surface area contributed by atoms with E-state index < -0.39 is 20.4 Å². The van der Waals surface area contributed by atoms with Crippen LogP contribution in [0.3, 0.4) is 0 Å². The van der Waals surface area contributed by atoms with Crippen LogP contribution in [0.1, 0.15) is 55.2 Å². The molecule has 0 aromatic heterocycles. The number of rotatable bonds is 17. The zero-order valence-corrected chi connectivity index (χ0v) is 25.3. The molecular weight excluding hydrogens is 559 g/mol. The van der Waals surface area contributed by atoms with Gasteiger partial charge in [-0.25, -0.2) is 4.21 Å². The van der Waals surface area contributed by atoms with Crippen molar-refractivity contribution in [1.82, 2.24) is 0 Å². The average molecular weight is 601 g/mol. The minimum absolute atomic E-state index is 0.0752. The first-order chi connectivity index (χ1) is 18.7. The Hall–Kier alpha value is -2.35. The number of hydrogen-bond donors (Lipinski definition) is 1. The van der Waals surface area contributed by atoms with Crippen molar-refractivity contribution in [2.45, 2.75) is 50.0 Å². The number of aliphatic hydroxyl groups is 1. The van der Waals surface area contributed by atoms with E-state index in [1.54, 1.807) is 26.4 Å². The second-order valence-electron chi connectivity index (χ2n) is 10.2. The summed E-state index contributed by atoms with van der Waals surface area (Å²) < 4.78 is 71.6. The fourth-order valence-corrected chi connectivity index (χ4v) is 6.72. The van der Waals surface area contributed by atoms with Gasteiger partial charge in [-0.15, -0.1) is 3.89 Å². The van der Waals surface area contributed by atoms with Crippen LogP contribution >= 0.6 is 0 Å². The number of methoxy groups -OCH3 is 2. The number of quaternary nitrogens is 1. The molecule has 0 saturated heterocycles. The molecule has 2 aromatic rings. The lowest BCUT2D eigenvalue weighted by Gasteiger charge is -2.38. The van der Waals surface area contributed by atoms with Crippen molar-refractivity contribution in [2.24, 2.45) is 3.77 Å². The van der Waals surface area contributed by atoms with Crippen LogP contribution in [0, 0.1) is 0 Å². The summed E-state index contributed by atoms with van der Waals surface area (Å²) in [6.07, 6.45) is 1.70. The van der Waals surface area contributed by atoms with Gasteiger partial charge in [0.2, 0.25) is 0 Å². The van der Waals surface area contributed by atoms with E-state index in [9.17, 15) is 26.2 Å². The smallest absolute Gasteiger partial charge is 0.291 e. The monoisotopic (exact) mass is 600 g/mol. The van der Waals surface area contributed by atoms with Crippen molar-refractivity contribution < 1.29 is 40.1 Å². The van der Waals surface area contributed by atoms with E-state index in [1.807, 2.05) is 6.92 Å². The molecule has 3 atom stereocenters. The Bertz CT molecular complexity index is 1310. The van der Waals surface area contributed by atoms with E-state index in [0.717, 1.165) is 24.0 Å². The number of hydrogen-bond acceptors (Lipinski definition) is 7. The fraction of sp³-hybridized carbons (Fsp3) is 0.500. The van der Waals surface area contributed by atoms with Crippen molar-refractivity contribution in [3.8, 4) is 0 Å². The highest BCUT2D eigenvalue weighted by molar-refractivity contribution is 7.98. The number of sulfonamides is 1. The zero-order chi connectivity index (χ0) is 30.0. The standard InChI is InChI=1S/C28H41FN2O7S2/c1-6-25(19-22(2)26-11-13-28(14-12-26)39(33,34)30-40(29,35)36)27-9-7-24(8-10-27)21-31(15-17-37-4,16-18-38-5)20-23(3)32/h7-14,22,25H,3,6,15-21H2,1-2,4-5H3,(H-,30,32,35,36). The molecule has 0 fully saturated rings. The van der Waals surface area contributed by atoms with Crippen LogP contribution in [-0.4, -0.2) is 73.8 Å². The highest BCUT2D eigenvalue weighted by Crippen LogP contribution is 2.33. The number of ether oxygens (including phenoxy) is 2. The first-order valence-corrected chi connectivity index (χ1v) is 15.8. The maximum atomic E-state index is 12.8. The van der Waals surface area contributed by atoms with Crippen LogP contribution in [0.25, 0.3) is 0 Å². The number of halogens is 1. The average Bonchev–Trinajstić information content (AvgIpc) is 2.88. The first-order valence-electron chi connectivity index (χ1n) is 13.1. The maximum Gasteiger partial charge on any atom is 0.291 e. The predicted octanol–water partition coefficient (Wildman–Crippen LogP) is 5.23. The zero-order valence-electron chi connectivity index (χ0n) is 23.6. The van der Waals surface area contributed by atoms with E-state index in [-0.39, 0.29) is 22.5 Å². The Morgan fingerprint density at radius 3 is 2.00 bits per heavy atom. The molecule has 0 amide bonds. The van der Waals surface area contributed by atoms with Gasteiger partial charge in [0.25, 0.3) is 10.0 Å². The van der Waals surface area contributed by atoms with Crippen molar-refractivity contribution in [1.29, 1.82) is 0 Å². The molecule has 0 heterocycles. The van der Waals surface area contributed by atoms with Gasteiger partial charge in [0, 0.05) is 19.8 Å². The van der Waals surface area contributed by atoms with Crippen LogP contribution in [0.15, 0.2) is 69.5 Å². The van der Waals surface area contributed by atoms with Crippen molar-refractivity contribution in [3.63, 3.8) is 0 Å². The molecule has 224 valence electrons. The van der Waals surface area contributed by atoms with E-state index in [0.29, 0.717) is 43.9 Å². The Kier molecular flexibility index (Phi) is 12.7. The van der Waals surface area contributed by atoms with Gasteiger partial charge in [-0.05, 0) is 47.9 Å². The summed E-state index contributed by atoms with van der Waals surface area (Å²) in [6, 6.07) is 14.1. The predicted molar refractivity (Wildman–Crippen MR) is 153 cm³/mol. The molecule has 2 aromatic carbocycles. The molecule has 0 aliphatic heterocycles. The van der Waals surface area contributed by atoms with Gasteiger partial charge in [-0.3, -0.25) is 0 Å². The second kappa shape index (κ2) is 15.0. The highest BCUT2D eigenvalue weighted by Gasteiger charge is 2.29.